The van der Waals surface area contributed by atoms with Crippen LogP contribution in [-0.4, -0.2) is 35.2 Å². The Labute approximate surface area is 123 Å². The van der Waals surface area contributed by atoms with E-state index >= 15 is 0 Å². The van der Waals surface area contributed by atoms with Crippen molar-refractivity contribution in [3.05, 3.63) is 34.3 Å². The Hall–Kier alpha value is -0.420. The van der Waals surface area contributed by atoms with Crippen LogP contribution in [0.1, 0.15) is 37.8 Å². The minimum Gasteiger partial charge on any atom is -0.390 e. The quantitative estimate of drug-likeness (QED) is 0.897. The van der Waals surface area contributed by atoms with Crippen molar-refractivity contribution < 1.29 is 5.11 Å². The highest BCUT2D eigenvalue weighted by Gasteiger charge is 2.28. The van der Waals surface area contributed by atoms with Gasteiger partial charge in [0.1, 0.15) is 0 Å². The average Bonchev–Trinajstić information content (AvgIpc) is 2.52. The summed E-state index contributed by atoms with van der Waals surface area (Å²) < 4.78 is 1.09. The first-order valence-corrected chi connectivity index (χ1v) is 7.73. The molecule has 0 amide bonds. The molecule has 2 rings (SSSR count). The van der Waals surface area contributed by atoms with Crippen molar-refractivity contribution in [2.24, 2.45) is 5.73 Å². The maximum atomic E-state index is 10.2. The average molecular weight is 327 g/mol. The summed E-state index contributed by atoms with van der Waals surface area (Å²) in [6.07, 6.45) is 2.72. The molecule has 19 heavy (non-hydrogen) atoms. The third-order valence-electron chi connectivity index (χ3n) is 4.00. The largest absolute Gasteiger partial charge is 0.390 e. The molecular weight excluding hydrogens is 304 g/mol. The summed E-state index contributed by atoms with van der Waals surface area (Å²) in [6, 6.07) is 8.60. The van der Waals surface area contributed by atoms with Gasteiger partial charge < -0.3 is 10.8 Å². The van der Waals surface area contributed by atoms with Crippen molar-refractivity contribution in [2.75, 3.05) is 19.6 Å². The highest BCUT2D eigenvalue weighted by molar-refractivity contribution is 9.10. The summed E-state index contributed by atoms with van der Waals surface area (Å²) in [5.41, 5.74) is 6.71. The molecule has 1 saturated heterocycles. The molecule has 1 heterocycles. The van der Waals surface area contributed by atoms with Gasteiger partial charge >= 0.3 is 0 Å². The van der Waals surface area contributed by atoms with Gasteiger partial charge in [-0.25, -0.2) is 0 Å². The van der Waals surface area contributed by atoms with Gasteiger partial charge in [0, 0.05) is 23.6 Å². The van der Waals surface area contributed by atoms with Gasteiger partial charge in [-0.2, -0.15) is 0 Å². The van der Waals surface area contributed by atoms with Crippen LogP contribution in [0.2, 0.25) is 0 Å². The van der Waals surface area contributed by atoms with Crippen molar-refractivity contribution in [3.63, 3.8) is 0 Å². The molecule has 0 aromatic heterocycles. The summed E-state index contributed by atoms with van der Waals surface area (Å²) in [7, 11) is 0. The lowest BCUT2D eigenvalue weighted by molar-refractivity contribution is 0.0431. The van der Waals surface area contributed by atoms with Crippen LogP contribution in [0.25, 0.3) is 0 Å². The first kappa shape index (κ1) is 15.0. The highest BCUT2D eigenvalue weighted by atomic mass is 79.9. The van der Waals surface area contributed by atoms with Crippen molar-refractivity contribution >= 4 is 15.9 Å². The Kier molecular flexibility index (Phi) is 5.01. The Bertz CT molecular complexity index is 422. The van der Waals surface area contributed by atoms with Gasteiger partial charge in [0.25, 0.3) is 0 Å². The standard InChI is InChI=1S/C15H23BrN2O/c1-15(19)6-3-8-18(9-7-15)14(11-17)12-4-2-5-13(16)10-12/h2,4-5,10,14,19H,3,6-9,11,17H2,1H3. The molecule has 1 fully saturated rings. The van der Waals surface area contributed by atoms with E-state index in [9.17, 15) is 5.11 Å². The van der Waals surface area contributed by atoms with Crippen LogP contribution in [-0.2, 0) is 0 Å². The second-order valence-electron chi connectivity index (χ2n) is 5.69. The Morgan fingerprint density at radius 2 is 2.21 bits per heavy atom. The van der Waals surface area contributed by atoms with Crippen molar-refractivity contribution in [1.29, 1.82) is 0 Å². The summed E-state index contributed by atoms with van der Waals surface area (Å²) in [6.45, 7) is 4.46. The molecule has 1 aromatic rings. The second-order valence-corrected chi connectivity index (χ2v) is 6.61. The molecule has 3 N–H and O–H groups in total. The number of aliphatic hydroxyl groups is 1. The van der Waals surface area contributed by atoms with Gasteiger partial charge in [-0.1, -0.05) is 28.1 Å². The second kappa shape index (κ2) is 6.35. The molecule has 106 valence electrons. The number of nitrogens with two attached hydrogens (primary N) is 1. The molecule has 0 aliphatic carbocycles. The van der Waals surface area contributed by atoms with Crippen LogP contribution in [0, 0.1) is 0 Å². The van der Waals surface area contributed by atoms with E-state index in [0.29, 0.717) is 6.54 Å². The van der Waals surface area contributed by atoms with Crippen LogP contribution in [0.15, 0.2) is 28.7 Å². The molecule has 0 radical (unpaired) electrons. The van der Waals surface area contributed by atoms with Crippen molar-refractivity contribution in [2.45, 2.75) is 37.8 Å². The van der Waals surface area contributed by atoms with Crippen LogP contribution in [0.4, 0.5) is 0 Å². The number of hydrogen-bond acceptors (Lipinski definition) is 3. The summed E-state index contributed by atoms with van der Waals surface area (Å²) in [4.78, 5) is 2.41. The van der Waals surface area contributed by atoms with E-state index < -0.39 is 5.60 Å². The smallest absolute Gasteiger partial charge is 0.0632 e. The van der Waals surface area contributed by atoms with Gasteiger partial charge in [-0.05, 0) is 50.4 Å². The lowest BCUT2D eigenvalue weighted by Crippen LogP contribution is -2.35. The minimum absolute atomic E-state index is 0.242. The molecule has 3 nitrogen and oxygen atoms in total. The zero-order valence-corrected chi connectivity index (χ0v) is 13.1. The van der Waals surface area contributed by atoms with E-state index in [1.807, 2.05) is 13.0 Å². The Morgan fingerprint density at radius 1 is 1.42 bits per heavy atom. The zero-order chi connectivity index (χ0) is 13.9. The van der Waals surface area contributed by atoms with Crippen LogP contribution < -0.4 is 5.73 Å². The van der Waals surface area contributed by atoms with Crippen molar-refractivity contribution in [1.82, 2.24) is 4.90 Å². The molecule has 4 heteroatoms. The van der Waals surface area contributed by atoms with Gasteiger partial charge in [-0.3, -0.25) is 4.90 Å². The molecule has 0 saturated carbocycles. The van der Waals surface area contributed by atoms with Gasteiger partial charge in [0.05, 0.1) is 5.60 Å². The Morgan fingerprint density at radius 3 is 2.89 bits per heavy atom. The SMILES string of the molecule is CC1(O)CCCN(C(CN)c2cccc(Br)c2)CC1. The van der Waals surface area contributed by atoms with Crippen molar-refractivity contribution in [3.8, 4) is 0 Å². The summed E-state index contributed by atoms with van der Waals surface area (Å²) in [5, 5.41) is 10.2. The fraction of sp³-hybridized carbons (Fsp3) is 0.600. The van der Waals surface area contributed by atoms with E-state index in [1.54, 1.807) is 0 Å². The fourth-order valence-electron chi connectivity index (χ4n) is 2.81. The number of halogens is 1. The predicted molar refractivity (Wildman–Crippen MR) is 82.0 cm³/mol. The first-order chi connectivity index (χ1) is 9.02. The summed E-state index contributed by atoms with van der Waals surface area (Å²) in [5.74, 6) is 0. The van der Waals surface area contributed by atoms with E-state index in [1.165, 1.54) is 5.56 Å². The molecule has 1 aliphatic rings. The van der Waals surface area contributed by atoms with E-state index in [0.717, 1.165) is 36.8 Å². The highest BCUT2D eigenvalue weighted by Crippen LogP contribution is 2.28. The minimum atomic E-state index is -0.523. The molecule has 2 unspecified atom stereocenters. The number of benzene rings is 1. The predicted octanol–water partition coefficient (Wildman–Crippen LogP) is 2.69. The topological polar surface area (TPSA) is 49.5 Å². The lowest BCUT2D eigenvalue weighted by atomic mass is 9.98. The monoisotopic (exact) mass is 326 g/mol. The van der Waals surface area contributed by atoms with Gasteiger partial charge in [0.15, 0.2) is 0 Å². The van der Waals surface area contributed by atoms with E-state index in [2.05, 4.69) is 39.0 Å². The molecule has 2 atom stereocenters. The number of nitrogens with zero attached hydrogens (tertiary/aromatic N) is 1. The maximum absolute atomic E-state index is 10.2. The summed E-state index contributed by atoms with van der Waals surface area (Å²) >= 11 is 3.52. The van der Waals surface area contributed by atoms with Crippen LogP contribution in [0.3, 0.4) is 0 Å². The first-order valence-electron chi connectivity index (χ1n) is 6.94. The Balaban J connectivity index is 2.13. The molecule has 0 bridgehead atoms. The maximum Gasteiger partial charge on any atom is 0.0632 e. The fourth-order valence-corrected chi connectivity index (χ4v) is 3.22. The van der Waals surface area contributed by atoms with Gasteiger partial charge in [-0.15, -0.1) is 0 Å². The number of rotatable bonds is 3. The molecule has 1 aromatic carbocycles. The van der Waals surface area contributed by atoms with Crippen LogP contribution >= 0.6 is 15.9 Å². The normalized spacial score (nSPS) is 26.9. The third kappa shape index (κ3) is 4.02. The van der Waals surface area contributed by atoms with E-state index in [4.69, 9.17) is 5.73 Å². The van der Waals surface area contributed by atoms with Gasteiger partial charge in [0.2, 0.25) is 0 Å². The number of likely N-dealkylation sites (tertiary alicyclic amines) is 1. The zero-order valence-electron chi connectivity index (χ0n) is 11.5. The lowest BCUT2D eigenvalue weighted by Gasteiger charge is -2.30. The molecule has 0 spiro atoms. The molecular formula is C15H23BrN2O. The molecule has 1 aliphatic heterocycles. The van der Waals surface area contributed by atoms with Crippen LogP contribution in [0.5, 0.6) is 0 Å². The number of hydrogen-bond donors (Lipinski definition) is 2. The van der Waals surface area contributed by atoms with E-state index in [-0.39, 0.29) is 6.04 Å². The third-order valence-corrected chi connectivity index (χ3v) is 4.49.